The first-order valence-electron chi connectivity index (χ1n) is 7.20. The molecule has 0 fully saturated rings. The van der Waals surface area contributed by atoms with E-state index in [0.717, 1.165) is 5.56 Å². The van der Waals surface area contributed by atoms with Crippen molar-refractivity contribution in [3.8, 4) is 5.75 Å². The highest BCUT2D eigenvalue weighted by molar-refractivity contribution is 6.32. The van der Waals surface area contributed by atoms with Gasteiger partial charge in [0.2, 0.25) is 0 Å². The van der Waals surface area contributed by atoms with Crippen LogP contribution in [0, 0.1) is 12.8 Å². The van der Waals surface area contributed by atoms with Crippen molar-refractivity contribution in [3.63, 3.8) is 0 Å². The lowest BCUT2D eigenvalue weighted by Crippen LogP contribution is -2.38. The lowest BCUT2D eigenvalue weighted by molar-refractivity contribution is -0.127. The second-order valence-corrected chi connectivity index (χ2v) is 5.99. The molecule has 1 amide bonds. The van der Waals surface area contributed by atoms with Crippen LogP contribution < -0.4 is 10.1 Å². The monoisotopic (exact) mass is 313 g/mol. The van der Waals surface area contributed by atoms with Crippen LogP contribution in [-0.4, -0.2) is 29.8 Å². The Hall–Kier alpha value is -1.26. The van der Waals surface area contributed by atoms with Gasteiger partial charge in [-0.15, -0.1) is 0 Å². The number of benzene rings is 1. The largest absolute Gasteiger partial charge is 0.479 e. The van der Waals surface area contributed by atoms with Crippen molar-refractivity contribution in [2.75, 3.05) is 6.54 Å². The number of hydrogen-bond donors (Lipinski definition) is 2. The van der Waals surface area contributed by atoms with Crippen LogP contribution in [-0.2, 0) is 4.79 Å². The zero-order valence-electron chi connectivity index (χ0n) is 13.0. The third kappa shape index (κ3) is 5.94. The Morgan fingerprint density at radius 1 is 1.38 bits per heavy atom. The number of halogens is 1. The third-order valence-corrected chi connectivity index (χ3v) is 3.58. The van der Waals surface area contributed by atoms with E-state index in [-0.39, 0.29) is 11.8 Å². The van der Waals surface area contributed by atoms with E-state index in [1.54, 1.807) is 19.1 Å². The SMILES string of the molecule is Cc1ccc(Cl)c(OC(C)C(=O)NCCC(O)C(C)C)c1. The highest BCUT2D eigenvalue weighted by Gasteiger charge is 2.17. The molecule has 4 nitrogen and oxygen atoms in total. The van der Waals surface area contributed by atoms with E-state index in [1.165, 1.54) is 0 Å². The summed E-state index contributed by atoms with van der Waals surface area (Å²) in [6.07, 6.45) is -0.519. The standard InChI is InChI=1S/C16H24ClNO3/c1-10(2)14(19)7-8-18-16(20)12(4)21-15-9-11(3)5-6-13(15)17/h5-6,9-10,12,14,19H,7-8H2,1-4H3,(H,18,20). The van der Waals surface area contributed by atoms with E-state index in [2.05, 4.69) is 5.32 Å². The Balaban J connectivity index is 2.46. The van der Waals surface area contributed by atoms with Crippen LogP contribution in [0.15, 0.2) is 18.2 Å². The first-order chi connectivity index (χ1) is 9.81. The van der Waals surface area contributed by atoms with E-state index in [4.69, 9.17) is 16.3 Å². The van der Waals surface area contributed by atoms with Crippen molar-refractivity contribution in [1.29, 1.82) is 0 Å². The van der Waals surface area contributed by atoms with Crippen LogP contribution in [0.1, 0.15) is 32.8 Å². The second-order valence-electron chi connectivity index (χ2n) is 5.59. The van der Waals surface area contributed by atoms with Gasteiger partial charge in [-0.3, -0.25) is 4.79 Å². The number of rotatable bonds is 7. The number of aliphatic hydroxyl groups is 1. The van der Waals surface area contributed by atoms with Crippen LogP contribution in [0.25, 0.3) is 0 Å². The average molecular weight is 314 g/mol. The molecule has 0 saturated carbocycles. The van der Waals surface area contributed by atoms with Crippen LogP contribution >= 0.6 is 11.6 Å². The summed E-state index contributed by atoms with van der Waals surface area (Å²) >= 11 is 6.04. The van der Waals surface area contributed by atoms with E-state index in [1.807, 2.05) is 26.8 Å². The van der Waals surface area contributed by atoms with Crippen LogP contribution in [0.4, 0.5) is 0 Å². The summed E-state index contributed by atoms with van der Waals surface area (Å²) in [5.74, 6) is 0.465. The van der Waals surface area contributed by atoms with Crippen molar-refractivity contribution in [3.05, 3.63) is 28.8 Å². The van der Waals surface area contributed by atoms with Gasteiger partial charge >= 0.3 is 0 Å². The summed E-state index contributed by atoms with van der Waals surface area (Å²) in [5.41, 5.74) is 1.02. The molecular weight excluding hydrogens is 290 g/mol. The normalized spacial score (nSPS) is 13.9. The second kappa shape index (κ2) is 8.25. The van der Waals surface area contributed by atoms with Crippen molar-refractivity contribution in [2.24, 2.45) is 5.92 Å². The molecule has 0 heterocycles. The van der Waals surface area contributed by atoms with E-state index in [0.29, 0.717) is 23.7 Å². The quantitative estimate of drug-likeness (QED) is 0.813. The molecule has 21 heavy (non-hydrogen) atoms. The van der Waals surface area contributed by atoms with E-state index in [9.17, 15) is 9.90 Å². The fourth-order valence-corrected chi connectivity index (χ4v) is 1.93. The fraction of sp³-hybridized carbons (Fsp3) is 0.562. The maximum atomic E-state index is 11.9. The van der Waals surface area contributed by atoms with Gasteiger partial charge in [0.1, 0.15) is 5.75 Å². The fourth-order valence-electron chi connectivity index (χ4n) is 1.77. The van der Waals surface area contributed by atoms with Gasteiger partial charge in [-0.05, 0) is 43.9 Å². The Morgan fingerprint density at radius 3 is 2.67 bits per heavy atom. The molecule has 1 rings (SSSR count). The predicted molar refractivity (Wildman–Crippen MR) is 84.8 cm³/mol. The number of carbonyl (C=O) groups is 1. The summed E-state index contributed by atoms with van der Waals surface area (Å²) < 4.78 is 5.59. The van der Waals surface area contributed by atoms with Gasteiger partial charge in [-0.25, -0.2) is 0 Å². The Kier molecular flexibility index (Phi) is 6.99. The molecule has 2 unspecified atom stereocenters. The summed E-state index contributed by atoms with van der Waals surface area (Å²) in [4.78, 5) is 11.9. The minimum absolute atomic E-state index is 0.182. The molecule has 118 valence electrons. The minimum Gasteiger partial charge on any atom is -0.479 e. The van der Waals surface area contributed by atoms with Gasteiger partial charge in [0.25, 0.3) is 5.91 Å². The lowest BCUT2D eigenvalue weighted by Gasteiger charge is -2.18. The van der Waals surface area contributed by atoms with Gasteiger partial charge in [-0.2, -0.15) is 0 Å². The Morgan fingerprint density at radius 2 is 2.05 bits per heavy atom. The van der Waals surface area contributed by atoms with Crippen molar-refractivity contribution in [1.82, 2.24) is 5.32 Å². The molecule has 5 heteroatoms. The number of hydrogen-bond acceptors (Lipinski definition) is 3. The van der Waals surface area contributed by atoms with Crippen molar-refractivity contribution >= 4 is 17.5 Å². The first-order valence-corrected chi connectivity index (χ1v) is 7.57. The Labute approximate surface area is 131 Å². The van der Waals surface area contributed by atoms with Gasteiger partial charge in [-0.1, -0.05) is 31.5 Å². The highest BCUT2D eigenvalue weighted by atomic mass is 35.5. The molecule has 1 aromatic rings. The number of amides is 1. The molecule has 0 aliphatic heterocycles. The van der Waals surface area contributed by atoms with Crippen molar-refractivity contribution < 1.29 is 14.6 Å². The molecule has 2 atom stereocenters. The number of carbonyl (C=O) groups excluding carboxylic acids is 1. The maximum absolute atomic E-state index is 11.9. The summed E-state index contributed by atoms with van der Waals surface area (Å²) in [6.45, 7) is 7.91. The molecule has 2 N–H and O–H groups in total. The topological polar surface area (TPSA) is 58.6 Å². The zero-order valence-corrected chi connectivity index (χ0v) is 13.8. The molecule has 0 bridgehead atoms. The zero-order chi connectivity index (χ0) is 16.0. The average Bonchev–Trinajstić information content (AvgIpc) is 2.42. The lowest BCUT2D eigenvalue weighted by atomic mass is 10.0. The van der Waals surface area contributed by atoms with E-state index < -0.39 is 12.2 Å². The van der Waals surface area contributed by atoms with Crippen molar-refractivity contribution in [2.45, 2.75) is 46.3 Å². The molecule has 0 spiro atoms. The molecular formula is C16H24ClNO3. The number of aryl methyl sites for hydroxylation is 1. The number of nitrogens with one attached hydrogen (secondary N) is 1. The maximum Gasteiger partial charge on any atom is 0.260 e. The van der Waals surface area contributed by atoms with E-state index >= 15 is 0 Å². The first kappa shape index (κ1) is 17.8. The minimum atomic E-state index is -0.638. The third-order valence-electron chi connectivity index (χ3n) is 3.27. The summed E-state index contributed by atoms with van der Waals surface area (Å²) in [7, 11) is 0. The number of aliphatic hydroxyl groups excluding tert-OH is 1. The Bertz CT molecular complexity index is 477. The van der Waals surface area contributed by atoms with Crippen LogP contribution in [0.3, 0.4) is 0 Å². The van der Waals surface area contributed by atoms with Gasteiger partial charge in [0, 0.05) is 6.54 Å². The summed E-state index contributed by atoms with van der Waals surface area (Å²) in [5, 5.41) is 12.9. The van der Waals surface area contributed by atoms with Gasteiger partial charge in [0.05, 0.1) is 11.1 Å². The molecule has 0 aromatic heterocycles. The molecule has 1 aromatic carbocycles. The number of ether oxygens (including phenoxy) is 1. The van der Waals surface area contributed by atoms with Gasteiger partial charge in [0.15, 0.2) is 6.10 Å². The van der Waals surface area contributed by atoms with Crippen LogP contribution in [0.2, 0.25) is 5.02 Å². The molecule has 0 radical (unpaired) electrons. The highest BCUT2D eigenvalue weighted by Crippen LogP contribution is 2.26. The van der Waals surface area contributed by atoms with Crippen LogP contribution in [0.5, 0.6) is 5.75 Å². The molecule has 0 aliphatic carbocycles. The summed E-state index contributed by atoms with van der Waals surface area (Å²) in [6, 6.07) is 5.43. The smallest absolute Gasteiger partial charge is 0.260 e. The molecule has 0 saturated heterocycles. The predicted octanol–water partition coefficient (Wildman–Crippen LogP) is 2.94. The molecule has 0 aliphatic rings. The van der Waals surface area contributed by atoms with Gasteiger partial charge < -0.3 is 15.2 Å².